The Kier molecular flexibility index (Phi) is 10.5. The number of rotatable bonds is 4. The van der Waals surface area contributed by atoms with Gasteiger partial charge in [-0.3, -0.25) is 4.99 Å². The van der Waals surface area contributed by atoms with Crippen molar-refractivity contribution >= 4 is 23.2 Å². The molecule has 2 aromatic rings. The SMILES string of the molecule is Cc1cc(C=NC2CCC(C(C)(C)C)CC2)c(O)c(C(C)(C)c2ccccc2)c1.[Cl][Zr][Cl]. The Morgan fingerprint density at radius 2 is 1.53 bits per heavy atom. The van der Waals surface area contributed by atoms with Crippen LogP contribution in [0.3, 0.4) is 0 Å². The summed E-state index contributed by atoms with van der Waals surface area (Å²) in [6.07, 6.45) is 6.70. The summed E-state index contributed by atoms with van der Waals surface area (Å²) >= 11 is -0.826. The zero-order valence-corrected chi connectivity index (χ0v) is 24.2. The molecule has 2 nitrogen and oxygen atoms in total. The molecule has 0 spiro atoms. The normalized spacial score (nSPS) is 19.4. The van der Waals surface area contributed by atoms with E-state index in [1.54, 1.807) is 0 Å². The standard InChI is InChI=1S/C27H37NO.2ClH.Zr/c1-19-16-20(18-28-23-14-12-21(13-15-23)26(2,3)4)25(29)24(17-19)27(5,6)22-10-8-7-9-11-22;;;/h7-11,16-18,21,23,29H,12-15H2,1-6H3;2*1H;/q;;;+2/p-2. The van der Waals surface area contributed by atoms with Gasteiger partial charge in [0.2, 0.25) is 0 Å². The predicted molar refractivity (Wildman–Crippen MR) is 136 cm³/mol. The van der Waals surface area contributed by atoms with E-state index in [0.29, 0.717) is 17.2 Å². The van der Waals surface area contributed by atoms with Gasteiger partial charge >= 0.3 is 37.9 Å². The first kappa shape index (κ1) is 27.6. The van der Waals surface area contributed by atoms with Crippen molar-refractivity contribution in [2.24, 2.45) is 16.3 Å². The van der Waals surface area contributed by atoms with Gasteiger partial charge in [0.1, 0.15) is 5.75 Å². The first-order chi connectivity index (χ1) is 15.0. The van der Waals surface area contributed by atoms with E-state index >= 15 is 0 Å². The van der Waals surface area contributed by atoms with Crippen molar-refractivity contribution < 1.29 is 26.0 Å². The van der Waals surface area contributed by atoms with Crippen molar-refractivity contribution in [3.63, 3.8) is 0 Å². The number of phenolic OH excluding ortho intramolecular Hbond substituents is 1. The minimum atomic E-state index is -0.826. The summed E-state index contributed by atoms with van der Waals surface area (Å²) in [5.41, 5.74) is 4.26. The zero-order valence-electron chi connectivity index (χ0n) is 20.3. The Bertz CT molecular complexity index is 883. The average molecular weight is 554 g/mol. The second kappa shape index (κ2) is 12.2. The Morgan fingerprint density at radius 3 is 2.06 bits per heavy atom. The van der Waals surface area contributed by atoms with Crippen LogP contribution in [0.5, 0.6) is 5.75 Å². The summed E-state index contributed by atoms with van der Waals surface area (Å²) in [5, 5.41) is 11.1. The molecule has 0 aromatic heterocycles. The topological polar surface area (TPSA) is 32.6 Å². The average Bonchev–Trinajstić information content (AvgIpc) is 2.75. The van der Waals surface area contributed by atoms with E-state index in [1.807, 2.05) is 18.3 Å². The molecule has 2 aromatic carbocycles. The zero-order chi connectivity index (χ0) is 23.9. The van der Waals surface area contributed by atoms with E-state index in [1.165, 1.54) is 18.4 Å². The molecule has 1 N–H and O–H groups in total. The quantitative estimate of drug-likeness (QED) is 0.379. The maximum absolute atomic E-state index is 11.1. The number of hydrogen-bond acceptors (Lipinski definition) is 2. The van der Waals surface area contributed by atoms with Gasteiger partial charge < -0.3 is 5.11 Å². The van der Waals surface area contributed by atoms with E-state index in [-0.39, 0.29) is 5.41 Å². The van der Waals surface area contributed by atoms with Crippen molar-refractivity contribution in [3.05, 3.63) is 64.7 Å². The van der Waals surface area contributed by atoms with E-state index in [2.05, 4.69) is 71.9 Å². The van der Waals surface area contributed by atoms with Crippen LogP contribution in [-0.2, 0) is 26.3 Å². The molecule has 3 rings (SSSR count). The maximum atomic E-state index is 11.1. The molecule has 0 heterocycles. The number of aryl methyl sites for hydroxylation is 1. The van der Waals surface area contributed by atoms with Gasteiger partial charge in [0.15, 0.2) is 0 Å². The number of aliphatic imine (C=N–C) groups is 1. The van der Waals surface area contributed by atoms with Crippen molar-refractivity contribution in [2.75, 3.05) is 0 Å². The molecule has 174 valence electrons. The molecule has 0 amide bonds. The van der Waals surface area contributed by atoms with E-state index in [0.717, 1.165) is 35.4 Å². The Balaban J connectivity index is 0.00000114. The van der Waals surface area contributed by atoms with Crippen LogP contribution in [0.15, 0.2) is 47.5 Å². The Hall–Kier alpha value is -0.627. The summed E-state index contributed by atoms with van der Waals surface area (Å²) < 4.78 is 0. The number of nitrogens with zero attached hydrogens (tertiary/aromatic N) is 1. The molecule has 0 unspecified atom stereocenters. The number of hydrogen-bond donors (Lipinski definition) is 1. The molecule has 0 bridgehead atoms. The number of aromatic hydroxyl groups is 1. The molecule has 0 aliphatic heterocycles. The van der Waals surface area contributed by atoms with Gasteiger partial charge in [-0.05, 0) is 61.1 Å². The molecule has 5 heteroatoms. The van der Waals surface area contributed by atoms with Gasteiger partial charge in [-0.2, -0.15) is 0 Å². The summed E-state index contributed by atoms with van der Waals surface area (Å²) in [7, 11) is 9.87. The van der Waals surface area contributed by atoms with Crippen LogP contribution in [0, 0.1) is 18.3 Å². The van der Waals surface area contributed by atoms with Crippen LogP contribution in [0.1, 0.15) is 82.6 Å². The van der Waals surface area contributed by atoms with Crippen LogP contribution < -0.4 is 0 Å². The first-order valence-corrected chi connectivity index (χ1v) is 17.7. The molecule has 32 heavy (non-hydrogen) atoms. The van der Waals surface area contributed by atoms with Crippen LogP contribution in [0.4, 0.5) is 0 Å². The van der Waals surface area contributed by atoms with Gasteiger partial charge in [0, 0.05) is 28.8 Å². The van der Waals surface area contributed by atoms with Crippen molar-refractivity contribution in [1.82, 2.24) is 0 Å². The van der Waals surface area contributed by atoms with E-state index in [9.17, 15) is 5.11 Å². The summed E-state index contributed by atoms with van der Waals surface area (Å²) in [6.45, 7) is 13.5. The van der Waals surface area contributed by atoms with Gasteiger partial charge in [-0.1, -0.05) is 71.0 Å². The molecule has 1 fully saturated rings. The summed E-state index contributed by atoms with van der Waals surface area (Å²) in [4.78, 5) is 4.88. The molecule has 0 atom stereocenters. The minimum absolute atomic E-state index is 0.273. The monoisotopic (exact) mass is 551 g/mol. The van der Waals surface area contributed by atoms with Crippen LogP contribution >= 0.6 is 17.0 Å². The number of phenols is 1. The molecular formula is C27H37Cl2NOZr. The summed E-state index contributed by atoms with van der Waals surface area (Å²) in [6, 6.07) is 14.9. The second-order valence-electron chi connectivity index (χ2n) is 10.5. The van der Waals surface area contributed by atoms with E-state index in [4.69, 9.17) is 22.0 Å². The first-order valence-electron chi connectivity index (χ1n) is 11.4. The Labute approximate surface area is 213 Å². The van der Waals surface area contributed by atoms with Gasteiger partial charge in [0.05, 0.1) is 0 Å². The third kappa shape index (κ3) is 7.44. The van der Waals surface area contributed by atoms with Crippen molar-refractivity contribution in [2.45, 2.75) is 78.7 Å². The Morgan fingerprint density at radius 1 is 0.969 bits per heavy atom. The number of benzene rings is 2. The molecule has 0 radical (unpaired) electrons. The molecule has 1 saturated carbocycles. The van der Waals surface area contributed by atoms with Crippen LogP contribution in [0.25, 0.3) is 0 Å². The summed E-state index contributed by atoms with van der Waals surface area (Å²) in [5.74, 6) is 1.15. The van der Waals surface area contributed by atoms with Crippen LogP contribution in [-0.4, -0.2) is 17.4 Å². The van der Waals surface area contributed by atoms with Gasteiger partial charge in [-0.15, -0.1) is 0 Å². The second-order valence-corrected chi connectivity index (χ2v) is 14.2. The fourth-order valence-corrected chi connectivity index (χ4v) is 4.67. The fourth-order valence-electron chi connectivity index (χ4n) is 4.67. The number of halogens is 2. The predicted octanol–water partition coefficient (Wildman–Crippen LogP) is 8.43. The molecule has 1 aliphatic carbocycles. The molecule has 1 aliphatic rings. The van der Waals surface area contributed by atoms with Crippen molar-refractivity contribution in [3.8, 4) is 5.75 Å². The van der Waals surface area contributed by atoms with Crippen LogP contribution in [0.2, 0.25) is 0 Å². The van der Waals surface area contributed by atoms with Gasteiger partial charge in [-0.25, -0.2) is 0 Å². The fraction of sp³-hybridized carbons (Fsp3) is 0.519. The molecular weight excluding hydrogens is 516 g/mol. The third-order valence-corrected chi connectivity index (χ3v) is 6.80. The van der Waals surface area contributed by atoms with Gasteiger partial charge in [0.25, 0.3) is 0 Å². The molecule has 0 saturated heterocycles. The third-order valence-electron chi connectivity index (χ3n) is 6.80. The van der Waals surface area contributed by atoms with E-state index < -0.39 is 20.8 Å². The van der Waals surface area contributed by atoms with Crippen molar-refractivity contribution in [1.29, 1.82) is 0 Å².